The topological polar surface area (TPSA) is 69.5 Å². The summed E-state index contributed by atoms with van der Waals surface area (Å²) in [6, 6.07) is 6.26. The number of amides is 1. The summed E-state index contributed by atoms with van der Waals surface area (Å²) in [6.45, 7) is 6.81. The van der Waals surface area contributed by atoms with Crippen LogP contribution in [0.1, 0.15) is 39.2 Å². The van der Waals surface area contributed by atoms with Gasteiger partial charge in [0.2, 0.25) is 0 Å². The van der Waals surface area contributed by atoms with Crippen LogP contribution in [0.4, 0.5) is 9.18 Å². The summed E-state index contributed by atoms with van der Waals surface area (Å²) < 4.78 is 18.4. The summed E-state index contributed by atoms with van der Waals surface area (Å²) in [7, 11) is 0. The fourth-order valence-corrected chi connectivity index (χ4v) is 2.83. The van der Waals surface area contributed by atoms with Crippen LogP contribution < -0.4 is 5.53 Å². The fraction of sp³-hybridized carbons (Fsp3) is 0.500. The van der Waals surface area contributed by atoms with E-state index in [1.54, 1.807) is 28.4 Å². The number of ether oxygens (including phenoxy) is 1. The van der Waals surface area contributed by atoms with E-state index in [1.165, 1.54) is 12.1 Å². The molecule has 8 heteroatoms. The van der Waals surface area contributed by atoms with E-state index in [9.17, 15) is 9.18 Å². The smallest absolute Gasteiger partial charge is 0.410 e. The Morgan fingerprint density at radius 3 is 2.42 bits per heavy atom. The largest absolute Gasteiger partial charge is 0.444 e. The number of nitrogens with one attached hydrogen (secondary N) is 1. The first-order chi connectivity index (χ1) is 12.3. The number of rotatable bonds is 2. The van der Waals surface area contributed by atoms with Crippen molar-refractivity contribution in [1.82, 2.24) is 15.6 Å². The predicted molar refractivity (Wildman–Crippen MR) is 97.2 cm³/mol. The van der Waals surface area contributed by atoms with Crippen LogP contribution in [0, 0.1) is 5.82 Å². The maximum atomic E-state index is 13.0. The van der Waals surface area contributed by atoms with Crippen molar-refractivity contribution in [3.05, 3.63) is 35.6 Å². The minimum atomic E-state index is -0.488. The summed E-state index contributed by atoms with van der Waals surface area (Å²) in [5, 5.41) is 10.4. The number of nitrogens with zero attached hydrogens (tertiary/aromatic N) is 4. The van der Waals surface area contributed by atoms with E-state index in [1.807, 2.05) is 20.8 Å². The lowest BCUT2D eigenvalue weighted by Crippen LogP contribution is -2.50. The third-order valence-electron chi connectivity index (χ3n) is 4.18. The third-order valence-corrected chi connectivity index (χ3v) is 4.18. The van der Waals surface area contributed by atoms with Crippen LogP contribution in [0.3, 0.4) is 0 Å². The number of hydrazone groups is 2. The molecule has 2 heterocycles. The van der Waals surface area contributed by atoms with Gasteiger partial charge in [0.1, 0.15) is 17.1 Å². The van der Waals surface area contributed by atoms with Crippen LogP contribution in [0.15, 0.2) is 34.5 Å². The molecule has 0 bridgehead atoms. The van der Waals surface area contributed by atoms with Gasteiger partial charge in [-0.3, -0.25) is 0 Å². The first-order valence-corrected chi connectivity index (χ1v) is 8.72. The normalized spacial score (nSPS) is 18.4. The number of halogens is 1. The van der Waals surface area contributed by atoms with Crippen molar-refractivity contribution in [2.24, 2.45) is 10.2 Å². The van der Waals surface area contributed by atoms with Crippen molar-refractivity contribution in [2.75, 3.05) is 13.1 Å². The SMILES string of the molecule is CC(C)(C)OC(=O)N1CCC(N2N=CC(c3ccc(F)cc3)=NN2)CC1. The molecule has 2 aliphatic rings. The van der Waals surface area contributed by atoms with Crippen molar-refractivity contribution in [3.8, 4) is 0 Å². The van der Waals surface area contributed by atoms with E-state index in [0.717, 1.165) is 18.4 Å². The van der Waals surface area contributed by atoms with Crippen molar-refractivity contribution in [3.63, 3.8) is 0 Å². The number of hydrogen-bond donors (Lipinski definition) is 1. The quantitative estimate of drug-likeness (QED) is 0.879. The molecule has 0 radical (unpaired) electrons. The molecular formula is C18H24FN5O2. The highest BCUT2D eigenvalue weighted by molar-refractivity contribution is 6.38. The Balaban J connectivity index is 1.51. The van der Waals surface area contributed by atoms with Gasteiger partial charge in [-0.1, -0.05) is 0 Å². The van der Waals surface area contributed by atoms with Gasteiger partial charge in [0.15, 0.2) is 0 Å². The lowest BCUT2D eigenvalue weighted by molar-refractivity contribution is 0.00981. The molecule has 1 fully saturated rings. The number of benzene rings is 1. The highest BCUT2D eigenvalue weighted by Gasteiger charge is 2.30. The zero-order valence-corrected chi connectivity index (χ0v) is 15.3. The van der Waals surface area contributed by atoms with Gasteiger partial charge in [0.05, 0.1) is 12.3 Å². The number of carbonyl (C=O) groups is 1. The highest BCUT2D eigenvalue weighted by atomic mass is 19.1. The molecule has 140 valence electrons. The van der Waals surface area contributed by atoms with Gasteiger partial charge < -0.3 is 9.64 Å². The lowest BCUT2D eigenvalue weighted by atomic mass is 10.1. The second-order valence-corrected chi connectivity index (χ2v) is 7.39. The average molecular weight is 361 g/mol. The molecule has 0 atom stereocenters. The zero-order valence-electron chi connectivity index (χ0n) is 15.3. The van der Waals surface area contributed by atoms with Gasteiger partial charge >= 0.3 is 6.09 Å². The van der Waals surface area contributed by atoms with Gasteiger partial charge in [-0.15, -0.1) is 0 Å². The molecule has 7 nitrogen and oxygen atoms in total. The van der Waals surface area contributed by atoms with Gasteiger partial charge in [0, 0.05) is 18.7 Å². The van der Waals surface area contributed by atoms with E-state index in [-0.39, 0.29) is 18.0 Å². The van der Waals surface area contributed by atoms with Crippen molar-refractivity contribution in [2.45, 2.75) is 45.3 Å². The van der Waals surface area contributed by atoms with E-state index >= 15 is 0 Å². The maximum Gasteiger partial charge on any atom is 0.410 e. The third kappa shape index (κ3) is 4.50. The molecule has 1 saturated heterocycles. The molecule has 0 aromatic heterocycles. The first-order valence-electron chi connectivity index (χ1n) is 8.72. The second-order valence-electron chi connectivity index (χ2n) is 7.39. The predicted octanol–water partition coefficient (Wildman–Crippen LogP) is 2.74. The Bertz CT molecular complexity index is 703. The molecule has 0 spiro atoms. The van der Waals surface area contributed by atoms with Gasteiger partial charge in [-0.2, -0.15) is 15.3 Å². The van der Waals surface area contributed by atoms with Crippen molar-refractivity contribution in [1.29, 1.82) is 0 Å². The standard InChI is InChI=1S/C18H24FN5O2/c1-18(2,3)26-17(25)23-10-8-15(9-11-23)24-20-12-16(21-22-24)13-4-6-14(19)7-5-13/h4-7,12,15,22H,8-11H2,1-3H3. The van der Waals surface area contributed by atoms with Crippen LogP contribution >= 0.6 is 0 Å². The second kappa shape index (κ2) is 7.31. The molecular weight excluding hydrogens is 337 g/mol. The van der Waals surface area contributed by atoms with E-state index in [4.69, 9.17) is 4.74 Å². The van der Waals surface area contributed by atoms with Crippen LogP contribution in [-0.2, 0) is 4.74 Å². The Labute approximate surface area is 152 Å². The van der Waals surface area contributed by atoms with E-state index < -0.39 is 5.60 Å². The Morgan fingerprint density at radius 1 is 1.23 bits per heavy atom. The number of hydrazine groups is 1. The minimum Gasteiger partial charge on any atom is -0.444 e. The Hall–Kier alpha value is -2.64. The zero-order chi connectivity index (χ0) is 18.7. The monoisotopic (exact) mass is 361 g/mol. The summed E-state index contributed by atoms with van der Waals surface area (Å²) in [6.07, 6.45) is 2.92. The minimum absolute atomic E-state index is 0.142. The lowest BCUT2D eigenvalue weighted by Gasteiger charge is -2.37. The summed E-state index contributed by atoms with van der Waals surface area (Å²) >= 11 is 0. The Morgan fingerprint density at radius 2 is 1.88 bits per heavy atom. The maximum absolute atomic E-state index is 13.0. The van der Waals surface area contributed by atoms with Crippen molar-refractivity contribution < 1.29 is 13.9 Å². The summed E-state index contributed by atoms with van der Waals surface area (Å²) in [5.41, 5.74) is 3.88. The Kier molecular flexibility index (Phi) is 5.11. The number of carbonyl (C=O) groups excluding carboxylic acids is 1. The molecule has 1 aromatic rings. The van der Waals surface area contributed by atoms with Crippen LogP contribution in [-0.4, -0.2) is 52.8 Å². The van der Waals surface area contributed by atoms with Gasteiger partial charge in [0.25, 0.3) is 0 Å². The number of piperidine rings is 1. The molecule has 1 N–H and O–H groups in total. The van der Waals surface area contributed by atoms with E-state index in [2.05, 4.69) is 15.7 Å². The molecule has 0 saturated carbocycles. The van der Waals surface area contributed by atoms with Gasteiger partial charge in [-0.25, -0.2) is 14.7 Å². The van der Waals surface area contributed by atoms with E-state index in [0.29, 0.717) is 18.8 Å². The van der Waals surface area contributed by atoms with Crippen LogP contribution in [0.25, 0.3) is 0 Å². The van der Waals surface area contributed by atoms with Crippen LogP contribution in [0.2, 0.25) is 0 Å². The summed E-state index contributed by atoms with van der Waals surface area (Å²) in [5.74, 6) is -0.284. The summed E-state index contributed by atoms with van der Waals surface area (Å²) in [4.78, 5) is 13.8. The molecule has 3 rings (SSSR count). The van der Waals surface area contributed by atoms with Gasteiger partial charge in [-0.05, 0) is 57.9 Å². The fourth-order valence-electron chi connectivity index (χ4n) is 2.83. The molecule has 1 aromatic carbocycles. The van der Waals surface area contributed by atoms with Crippen LogP contribution in [0.5, 0.6) is 0 Å². The molecule has 1 amide bonds. The molecule has 0 unspecified atom stereocenters. The average Bonchev–Trinajstić information content (AvgIpc) is 2.61. The molecule has 26 heavy (non-hydrogen) atoms. The number of likely N-dealkylation sites (tertiary alicyclic amines) is 1. The molecule has 0 aliphatic carbocycles. The molecule has 2 aliphatic heterocycles. The van der Waals surface area contributed by atoms with Crippen molar-refractivity contribution >= 4 is 18.0 Å². The highest BCUT2D eigenvalue weighted by Crippen LogP contribution is 2.19. The first kappa shape index (κ1) is 18.2. The number of hydrogen-bond acceptors (Lipinski definition) is 6.